The second kappa shape index (κ2) is 15.0. The van der Waals surface area contributed by atoms with E-state index < -0.39 is 57.8 Å². The van der Waals surface area contributed by atoms with E-state index in [1.54, 1.807) is 24.3 Å². The first-order chi connectivity index (χ1) is 18.2. The average Bonchev–Trinajstić information content (AvgIpc) is 3.37. The second-order valence-electron chi connectivity index (χ2n) is 7.50. The molecule has 0 bridgehead atoms. The first kappa shape index (κ1) is 29.0. The van der Waals surface area contributed by atoms with Crippen molar-refractivity contribution < 1.29 is 39.0 Å². The monoisotopic (exact) mass is 558 g/mol. The number of hydrogen-bond donors (Lipinski definition) is 3. The summed E-state index contributed by atoms with van der Waals surface area (Å²) in [5, 5.41) is 0. The highest BCUT2D eigenvalue weighted by Crippen LogP contribution is 2.30. The fraction of sp³-hybridized carbons (Fsp3) is 0.182. The minimum atomic E-state index is -1.74. The molecule has 0 saturated carbocycles. The van der Waals surface area contributed by atoms with Gasteiger partial charge >= 0.3 is 11.9 Å². The minimum absolute atomic E-state index is 0. The number of imide groups is 1. The van der Waals surface area contributed by atoms with E-state index in [2.05, 4.69) is 4.74 Å². The number of primary amides is 2. The molecule has 4 atom stereocenters. The van der Waals surface area contributed by atoms with Crippen LogP contribution in [0.15, 0.2) is 48.5 Å². The zero-order chi connectivity index (χ0) is 29.4. The molecule has 8 N–H and O–H groups in total. The Morgan fingerprint density at radius 1 is 0.868 bits per heavy atom. The van der Waals surface area contributed by atoms with Gasteiger partial charge in [-0.2, -0.15) is 16.8 Å². The number of hydrogen-bond acceptors (Lipinski definition) is 8. The summed E-state index contributed by atoms with van der Waals surface area (Å²) in [5.74, 6) is -3.07. The van der Waals surface area contributed by atoms with Gasteiger partial charge in [0.05, 0.1) is 23.4 Å². The molecule has 4 rings (SSSR count). The number of cyclic esters (lactones) is 2. The van der Waals surface area contributed by atoms with Crippen molar-refractivity contribution in [2.24, 2.45) is 11.5 Å². The number of nitrogens with two attached hydrogens (primary N) is 3. The third kappa shape index (κ3) is 8.76. The van der Waals surface area contributed by atoms with Crippen LogP contribution in [0.25, 0.3) is 0 Å². The predicted octanol–water partition coefficient (Wildman–Crippen LogP) is -0.687. The maximum atomic E-state index is 12.0. The van der Waals surface area contributed by atoms with Gasteiger partial charge in [0.1, 0.15) is 15.1 Å². The van der Waals surface area contributed by atoms with Crippen molar-refractivity contribution in [3.63, 3.8) is 0 Å². The van der Waals surface area contributed by atoms with Gasteiger partial charge in [0.2, 0.25) is 23.6 Å². The van der Waals surface area contributed by atoms with Crippen LogP contribution < -0.4 is 22.1 Å². The molecule has 4 amide bonds. The predicted molar refractivity (Wildman–Crippen MR) is 146 cm³/mol. The Morgan fingerprint density at radius 2 is 1.34 bits per heavy atom. The normalized spacial score (nSPS) is 20.3. The highest BCUT2D eigenvalue weighted by Gasteiger charge is 2.38. The zero-order valence-electron chi connectivity index (χ0n) is 21.8. The lowest BCUT2D eigenvalue weighted by molar-refractivity contribution is -0.151. The molecule has 196 valence electrons. The molecule has 12 nitrogen and oxygen atoms in total. The van der Waals surface area contributed by atoms with Crippen molar-refractivity contribution in [3.05, 3.63) is 59.7 Å². The van der Waals surface area contributed by atoms with Crippen molar-refractivity contribution in [2.45, 2.75) is 24.2 Å². The van der Waals surface area contributed by atoms with Crippen molar-refractivity contribution in [2.75, 3.05) is 10.6 Å². The number of carbonyl (C=O) groups excluding carboxylic acids is 6. The average molecular weight is 558 g/mol. The van der Waals surface area contributed by atoms with E-state index in [9.17, 15) is 28.8 Å². The van der Waals surface area contributed by atoms with Crippen LogP contribution in [0, 0.1) is 0 Å². The SMILES string of the molecule is NC(=O)c1ccc(N)cc1.O.[2H]P([B])C1CC(=O)N(c2ccc(C(N)=O)cc2)C1=O.[2H]P([B])C1CC(=O)OC1=O. The molecule has 4 unspecified atom stereocenters. The smallest absolute Gasteiger partial charge is 0.320 e. The lowest BCUT2D eigenvalue weighted by Gasteiger charge is -2.14. The third-order valence-electron chi connectivity index (χ3n) is 4.93. The van der Waals surface area contributed by atoms with Gasteiger partial charge in [0, 0.05) is 25.8 Å². The highest BCUT2D eigenvalue weighted by molar-refractivity contribution is 7.68. The molecule has 0 aromatic heterocycles. The van der Waals surface area contributed by atoms with Crippen molar-refractivity contribution in [3.8, 4) is 0 Å². The number of anilines is 2. The number of carbonyl (C=O) groups is 6. The Labute approximate surface area is 226 Å². The molecule has 2 saturated heterocycles. The molecule has 2 aromatic rings. The van der Waals surface area contributed by atoms with Crippen LogP contribution in [0.1, 0.15) is 33.6 Å². The van der Waals surface area contributed by atoms with Gasteiger partial charge < -0.3 is 27.4 Å². The van der Waals surface area contributed by atoms with Gasteiger partial charge in [-0.05, 0) is 48.5 Å². The highest BCUT2D eigenvalue weighted by atomic mass is 31.1. The van der Waals surface area contributed by atoms with Gasteiger partial charge in [-0.25, -0.2) is 0 Å². The van der Waals surface area contributed by atoms with Gasteiger partial charge in [-0.15, -0.1) is 0 Å². The largest absolute Gasteiger partial charge is 0.412 e. The van der Waals surface area contributed by atoms with Crippen LogP contribution in [-0.2, 0) is 23.9 Å². The number of esters is 2. The summed E-state index contributed by atoms with van der Waals surface area (Å²) in [6, 6.07) is 12.3. The maximum Gasteiger partial charge on any atom is 0.320 e. The first-order valence-electron chi connectivity index (χ1n) is 11.3. The quantitative estimate of drug-likeness (QED) is 0.106. The van der Waals surface area contributed by atoms with E-state index in [1.165, 1.54) is 24.3 Å². The second-order valence-corrected chi connectivity index (χ2v) is 9.34. The molecule has 0 spiro atoms. The van der Waals surface area contributed by atoms with Crippen LogP contribution >= 0.6 is 16.8 Å². The van der Waals surface area contributed by atoms with E-state index in [0.29, 0.717) is 22.5 Å². The number of benzene rings is 2. The van der Waals surface area contributed by atoms with E-state index in [1.807, 2.05) is 0 Å². The van der Waals surface area contributed by atoms with Gasteiger partial charge in [-0.1, -0.05) is 0 Å². The van der Waals surface area contributed by atoms with Crippen LogP contribution in [-0.4, -0.2) is 70.1 Å². The van der Waals surface area contributed by atoms with Crippen LogP contribution in [0.4, 0.5) is 11.4 Å². The molecule has 2 heterocycles. The first-order valence-corrected chi connectivity index (χ1v) is 12.5. The Hall–Kier alpha value is -3.59. The Kier molecular flexibility index (Phi) is 11.4. The molecule has 16 heteroatoms. The topological polar surface area (TPSA) is 224 Å². The van der Waals surface area contributed by atoms with Crippen molar-refractivity contribution >= 4 is 78.9 Å². The van der Waals surface area contributed by atoms with Gasteiger partial charge in [0.15, 0.2) is 0 Å². The van der Waals surface area contributed by atoms with Crippen LogP contribution in [0.3, 0.4) is 0 Å². The molecule has 0 aliphatic carbocycles. The summed E-state index contributed by atoms with van der Waals surface area (Å²) in [5.41, 5.74) is 15.8. The van der Waals surface area contributed by atoms with E-state index >= 15 is 0 Å². The molecular weight excluding hydrogens is 532 g/mol. The summed E-state index contributed by atoms with van der Waals surface area (Å²) in [7, 11) is 7.20. The summed E-state index contributed by atoms with van der Waals surface area (Å²) in [6.07, 6.45) is -0.0629. The van der Waals surface area contributed by atoms with E-state index in [4.69, 9.17) is 34.9 Å². The molecule has 4 radical (unpaired) electrons. The summed E-state index contributed by atoms with van der Waals surface area (Å²) < 4.78 is 18.6. The van der Waals surface area contributed by atoms with E-state index in [-0.39, 0.29) is 24.2 Å². The lowest BCUT2D eigenvalue weighted by Crippen LogP contribution is -2.30. The number of nitrogens with zero attached hydrogens (tertiary/aromatic N) is 1. The van der Waals surface area contributed by atoms with Crippen LogP contribution in [0.2, 0.25) is 0 Å². The molecule has 38 heavy (non-hydrogen) atoms. The molecule has 2 aromatic carbocycles. The zero-order valence-corrected chi connectivity index (χ0v) is 21.6. The third-order valence-corrected chi connectivity index (χ3v) is 6.45. The maximum absolute atomic E-state index is 12.0. The van der Waals surface area contributed by atoms with Crippen LogP contribution in [0.5, 0.6) is 0 Å². The molecule has 2 fully saturated rings. The molecule has 2 aliphatic rings. The number of ether oxygens (including phenoxy) is 1. The Bertz CT molecular complexity index is 1270. The fourth-order valence-electron chi connectivity index (χ4n) is 3.00. The fourth-order valence-corrected chi connectivity index (χ4v) is 3.94. The van der Waals surface area contributed by atoms with Crippen molar-refractivity contribution in [1.82, 2.24) is 0 Å². The number of nitrogen functional groups attached to an aromatic ring is 1. The van der Waals surface area contributed by atoms with Crippen molar-refractivity contribution in [1.29, 1.82) is 2.56 Å². The minimum Gasteiger partial charge on any atom is -0.412 e. The van der Waals surface area contributed by atoms with Gasteiger partial charge in [0.25, 0.3) is 0 Å². The lowest BCUT2D eigenvalue weighted by atomic mass is 10.2. The van der Waals surface area contributed by atoms with E-state index in [0.717, 1.165) is 4.90 Å². The number of amides is 4. The molecule has 2 aliphatic heterocycles. The summed E-state index contributed by atoms with van der Waals surface area (Å²) in [4.78, 5) is 67.2. The van der Waals surface area contributed by atoms with Gasteiger partial charge in [-0.3, -0.25) is 33.7 Å². The standard InChI is InChI=1S/C11H10BN2O3P.C7H8N2O.C4H4BO3P.H2O/c12-18-8-5-9(15)14(11(8)17)7-3-1-6(2-4-7)10(13)16;8-6-3-1-5(2-4-6)7(9)10;5-9-2-1-3(6)8-4(2)7;/h1-4,8,18H,5H2,(H2,13,16);1-4H,8H2,(H2,9,10);2,9H,1H2;1H2/i18D;;9D;. The Balaban J connectivity index is 0.000000324. The number of rotatable bonds is 5. The molecular formula is C22H24B2N4O8P2. The Morgan fingerprint density at radius 3 is 1.68 bits per heavy atom. The summed E-state index contributed by atoms with van der Waals surface area (Å²) >= 11 is 0. The summed E-state index contributed by atoms with van der Waals surface area (Å²) in [6.45, 7) is 0.